The van der Waals surface area contributed by atoms with Gasteiger partial charge in [-0.25, -0.2) is 13.1 Å². The van der Waals surface area contributed by atoms with Crippen molar-refractivity contribution < 1.29 is 8.42 Å². The Morgan fingerprint density at radius 1 is 1.04 bits per heavy atom. The molecule has 26 heavy (non-hydrogen) atoms. The van der Waals surface area contributed by atoms with Gasteiger partial charge in [-0.05, 0) is 48.7 Å². The Hall–Kier alpha value is -0.980. The van der Waals surface area contributed by atoms with Gasteiger partial charge in [0.25, 0.3) is 0 Å². The van der Waals surface area contributed by atoms with Crippen molar-refractivity contribution in [2.45, 2.75) is 24.9 Å². The Morgan fingerprint density at radius 2 is 1.69 bits per heavy atom. The minimum absolute atomic E-state index is 0.0288. The highest BCUT2D eigenvalue weighted by Gasteiger charge is 2.32. The van der Waals surface area contributed by atoms with E-state index in [4.69, 9.17) is 34.8 Å². The van der Waals surface area contributed by atoms with Crippen LogP contribution in [0.5, 0.6) is 0 Å². The van der Waals surface area contributed by atoms with E-state index in [9.17, 15) is 8.42 Å². The van der Waals surface area contributed by atoms with Crippen LogP contribution >= 0.6 is 34.8 Å². The van der Waals surface area contributed by atoms with Crippen molar-refractivity contribution in [1.29, 1.82) is 0 Å². The monoisotopic (exact) mass is 432 g/mol. The van der Waals surface area contributed by atoms with E-state index in [0.29, 0.717) is 34.5 Å². The maximum absolute atomic E-state index is 11.7. The standard InChI is InChI=1S/C18H19Cl3N2O2S/c1-26(24,25)22-15-8-9-23(17-7-6-14(20)10-16(17)21)18(11-15)12-2-4-13(19)5-3-12/h2-7,10,15,18,22H,8-9,11H2,1H3. The van der Waals surface area contributed by atoms with Crippen LogP contribution in [0.25, 0.3) is 0 Å². The first-order chi connectivity index (χ1) is 12.2. The lowest BCUT2D eigenvalue weighted by atomic mass is 9.91. The Balaban J connectivity index is 1.95. The molecule has 2 atom stereocenters. The number of rotatable bonds is 4. The lowest BCUT2D eigenvalue weighted by Gasteiger charge is -2.41. The van der Waals surface area contributed by atoms with Gasteiger partial charge >= 0.3 is 0 Å². The summed E-state index contributed by atoms with van der Waals surface area (Å²) in [5.74, 6) is 0. The third-order valence-corrected chi connectivity index (χ3v) is 6.01. The normalized spacial score (nSPS) is 21.0. The van der Waals surface area contributed by atoms with Gasteiger partial charge in [-0.1, -0.05) is 46.9 Å². The molecule has 2 aromatic carbocycles. The molecular weight excluding hydrogens is 415 g/mol. The summed E-state index contributed by atoms with van der Waals surface area (Å²) in [6, 6.07) is 12.9. The summed E-state index contributed by atoms with van der Waals surface area (Å²) in [6.45, 7) is 0.668. The van der Waals surface area contributed by atoms with Gasteiger partial charge in [-0.3, -0.25) is 0 Å². The lowest BCUT2D eigenvalue weighted by molar-refractivity contribution is 0.395. The largest absolute Gasteiger partial charge is 0.363 e. The van der Waals surface area contributed by atoms with E-state index in [1.165, 1.54) is 6.26 Å². The highest BCUT2D eigenvalue weighted by Crippen LogP contribution is 2.39. The molecule has 0 spiro atoms. The third kappa shape index (κ3) is 4.84. The average molecular weight is 434 g/mol. The van der Waals surface area contributed by atoms with Gasteiger partial charge in [-0.15, -0.1) is 0 Å². The van der Waals surface area contributed by atoms with Gasteiger partial charge in [0.05, 0.1) is 23.0 Å². The Bertz CT molecular complexity index is 888. The second-order valence-electron chi connectivity index (χ2n) is 6.47. The molecule has 140 valence electrons. The molecule has 8 heteroatoms. The van der Waals surface area contributed by atoms with Crippen molar-refractivity contribution in [3.05, 3.63) is 63.1 Å². The highest BCUT2D eigenvalue weighted by molar-refractivity contribution is 7.88. The smallest absolute Gasteiger partial charge is 0.208 e. The summed E-state index contributed by atoms with van der Waals surface area (Å²) in [4.78, 5) is 2.20. The molecule has 2 aromatic rings. The zero-order chi connectivity index (χ0) is 18.9. The fourth-order valence-corrected chi connectivity index (χ4v) is 4.84. The predicted molar refractivity (Wildman–Crippen MR) is 109 cm³/mol. The topological polar surface area (TPSA) is 49.4 Å². The van der Waals surface area contributed by atoms with Gasteiger partial charge in [0.15, 0.2) is 0 Å². The van der Waals surface area contributed by atoms with E-state index in [-0.39, 0.29) is 12.1 Å². The summed E-state index contributed by atoms with van der Waals surface area (Å²) < 4.78 is 26.0. The molecule has 4 nitrogen and oxygen atoms in total. The second-order valence-corrected chi connectivity index (χ2v) is 9.53. The summed E-state index contributed by atoms with van der Waals surface area (Å²) in [5.41, 5.74) is 1.94. The molecule has 1 heterocycles. The van der Waals surface area contributed by atoms with Crippen molar-refractivity contribution in [3.8, 4) is 0 Å². The fourth-order valence-electron chi connectivity index (χ4n) is 3.38. The zero-order valence-corrected chi connectivity index (χ0v) is 17.2. The van der Waals surface area contributed by atoms with Crippen LogP contribution in [0.4, 0.5) is 5.69 Å². The lowest BCUT2D eigenvalue weighted by Crippen LogP contribution is -2.46. The van der Waals surface area contributed by atoms with E-state index < -0.39 is 10.0 Å². The molecule has 0 bridgehead atoms. The van der Waals surface area contributed by atoms with Crippen LogP contribution in [0.1, 0.15) is 24.4 Å². The van der Waals surface area contributed by atoms with E-state index in [1.54, 1.807) is 6.07 Å². The number of nitrogens with zero attached hydrogens (tertiary/aromatic N) is 1. The first kappa shape index (κ1) is 19.8. The van der Waals surface area contributed by atoms with Crippen LogP contribution in [0, 0.1) is 0 Å². The first-order valence-electron chi connectivity index (χ1n) is 8.17. The number of halogens is 3. The molecule has 3 rings (SSSR count). The van der Waals surface area contributed by atoms with Crippen molar-refractivity contribution in [1.82, 2.24) is 4.72 Å². The molecule has 1 N–H and O–H groups in total. The van der Waals surface area contributed by atoms with Crippen molar-refractivity contribution in [2.75, 3.05) is 17.7 Å². The molecule has 0 aliphatic carbocycles. The van der Waals surface area contributed by atoms with E-state index >= 15 is 0 Å². The minimum Gasteiger partial charge on any atom is -0.363 e. The van der Waals surface area contributed by atoms with Gasteiger partial charge in [0.1, 0.15) is 0 Å². The minimum atomic E-state index is -3.27. The number of hydrogen-bond acceptors (Lipinski definition) is 3. The number of nitrogens with one attached hydrogen (secondary N) is 1. The molecule has 0 radical (unpaired) electrons. The molecule has 1 aliphatic heterocycles. The third-order valence-electron chi connectivity index (χ3n) is 4.46. The summed E-state index contributed by atoms with van der Waals surface area (Å²) in [7, 11) is -3.27. The van der Waals surface area contributed by atoms with Gasteiger partial charge < -0.3 is 4.90 Å². The second kappa shape index (κ2) is 7.95. The fraction of sp³-hybridized carbons (Fsp3) is 0.333. The molecule has 1 saturated heterocycles. The molecule has 1 fully saturated rings. The predicted octanol–water partition coefficient (Wildman–Crippen LogP) is 4.91. The van der Waals surface area contributed by atoms with Crippen LogP contribution in [0.3, 0.4) is 0 Å². The maximum atomic E-state index is 11.7. The molecule has 0 saturated carbocycles. The number of piperidine rings is 1. The summed E-state index contributed by atoms with van der Waals surface area (Å²) in [5, 5.41) is 1.81. The molecule has 0 aromatic heterocycles. The Morgan fingerprint density at radius 3 is 2.31 bits per heavy atom. The zero-order valence-electron chi connectivity index (χ0n) is 14.1. The van der Waals surface area contributed by atoms with E-state index in [2.05, 4.69) is 9.62 Å². The highest BCUT2D eigenvalue weighted by atomic mass is 35.5. The van der Waals surface area contributed by atoms with Crippen LogP contribution in [-0.4, -0.2) is 27.3 Å². The summed E-state index contributed by atoms with van der Waals surface area (Å²) >= 11 is 18.5. The van der Waals surface area contributed by atoms with E-state index in [1.807, 2.05) is 36.4 Å². The molecule has 2 unspecified atom stereocenters. The van der Waals surface area contributed by atoms with Crippen molar-refractivity contribution >= 4 is 50.5 Å². The van der Waals surface area contributed by atoms with Gasteiger partial charge in [-0.2, -0.15) is 0 Å². The molecular formula is C18H19Cl3N2O2S. The maximum Gasteiger partial charge on any atom is 0.208 e. The number of anilines is 1. The summed E-state index contributed by atoms with van der Waals surface area (Å²) in [6.07, 6.45) is 2.51. The molecule has 0 amide bonds. The first-order valence-corrected chi connectivity index (χ1v) is 11.2. The van der Waals surface area contributed by atoms with Gasteiger partial charge in [0.2, 0.25) is 10.0 Å². The van der Waals surface area contributed by atoms with Crippen LogP contribution in [-0.2, 0) is 10.0 Å². The van der Waals surface area contributed by atoms with E-state index in [0.717, 1.165) is 11.3 Å². The van der Waals surface area contributed by atoms with Crippen molar-refractivity contribution in [2.24, 2.45) is 0 Å². The van der Waals surface area contributed by atoms with Crippen LogP contribution in [0.2, 0.25) is 15.1 Å². The van der Waals surface area contributed by atoms with Gasteiger partial charge in [0, 0.05) is 22.6 Å². The quantitative estimate of drug-likeness (QED) is 0.745. The number of benzene rings is 2. The number of sulfonamides is 1. The van der Waals surface area contributed by atoms with Crippen LogP contribution in [0.15, 0.2) is 42.5 Å². The van der Waals surface area contributed by atoms with Crippen molar-refractivity contribution in [3.63, 3.8) is 0 Å². The number of hydrogen-bond donors (Lipinski definition) is 1. The average Bonchev–Trinajstić information content (AvgIpc) is 2.55. The van der Waals surface area contributed by atoms with Crippen LogP contribution < -0.4 is 9.62 Å². The molecule has 1 aliphatic rings. The Labute approximate surface area is 169 Å². The Kier molecular flexibility index (Phi) is 6.04. The SMILES string of the molecule is CS(=O)(=O)NC1CCN(c2ccc(Cl)cc2Cl)C(c2ccc(Cl)cc2)C1.